The van der Waals surface area contributed by atoms with Crippen molar-refractivity contribution < 1.29 is 9.53 Å². The van der Waals surface area contributed by atoms with Crippen molar-refractivity contribution in [2.24, 2.45) is 11.8 Å². The van der Waals surface area contributed by atoms with E-state index < -0.39 is 0 Å². The van der Waals surface area contributed by atoms with Crippen LogP contribution in [0, 0.1) is 11.8 Å². The Balaban J connectivity index is 1.58. The minimum absolute atomic E-state index is 0.182. The number of rotatable bonds is 1. The lowest BCUT2D eigenvalue weighted by Gasteiger charge is -2.24. The zero-order valence-corrected chi connectivity index (χ0v) is 11.8. The first kappa shape index (κ1) is 12.2. The molecule has 1 aromatic rings. The Morgan fingerprint density at radius 1 is 1.40 bits per heavy atom. The van der Waals surface area contributed by atoms with Gasteiger partial charge < -0.3 is 15.0 Å². The Hall–Kier alpha value is -1.55. The molecule has 0 aliphatic carbocycles. The second-order valence-electron chi connectivity index (χ2n) is 6.20. The zero-order valence-electron chi connectivity index (χ0n) is 11.8. The maximum absolute atomic E-state index is 12.8. The van der Waals surface area contributed by atoms with Gasteiger partial charge in [0, 0.05) is 37.7 Å². The Labute approximate surface area is 119 Å². The SMILES string of the molecule is CC1C2CNCC2CN1C(=O)c1ccc2c(c1)CCO2. The normalized spacial score (nSPS) is 31.1. The number of carbonyl (C=O) groups excluding carboxylic acids is 1. The van der Waals surface area contributed by atoms with Gasteiger partial charge >= 0.3 is 0 Å². The average Bonchev–Trinajstić information content (AvgIpc) is 3.15. The van der Waals surface area contributed by atoms with E-state index in [2.05, 4.69) is 17.1 Å². The maximum Gasteiger partial charge on any atom is 0.254 e. The number of hydrogen-bond donors (Lipinski definition) is 1. The van der Waals surface area contributed by atoms with Crippen LogP contribution in [0.4, 0.5) is 0 Å². The fourth-order valence-electron chi connectivity index (χ4n) is 3.92. The number of nitrogens with one attached hydrogen (secondary N) is 1. The van der Waals surface area contributed by atoms with E-state index in [0.29, 0.717) is 17.9 Å². The number of nitrogens with zero attached hydrogens (tertiary/aromatic N) is 1. The number of hydrogen-bond acceptors (Lipinski definition) is 3. The van der Waals surface area contributed by atoms with Crippen LogP contribution in [0.5, 0.6) is 5.75 Å². The van der Waals surface area contributed by atoms with Crippen LogP contribution < -0.4 is 10.1 Å². The zero-order chi connectivity index (χ0) is 13.7. The highest BCUT2D eigenvalue weighted by Gasteiger charge is 2.43. The highest BCUT2D eigenvalue weighted by Crippen LogP contribution is 2.34. The molecule has 1 amide bonds. The van der Waals surface area contributed by atoms with Crippen molar-refractivity contribution in [3.63, 3.8) is 0 Å². The number of likely N-dealkylation sites (tertiary alicyclic amines) is 1. The molecule has 4 nitrogen and oxygen atoms in total. The number of benzene rings is 1. The molecule has 20 heavy (non-hydrogen) atoms. The second-order valence-corrected chi connectivity index (χ2v) is 6.20. The summed E-state index contributed by atoms with van der Waals surface area (Å²) in [6, 6.07) is 6.21. The van der Waals surface area contributed by atoms with Gasteiger partial charge in [-0.1, -0.05) is 0 Å². The standard InChI is InChI=1S/C16H20N2O2/c1-10-14-8-17-7-13(14)9-18(10)16(19)12-2-3-15-11(6-12)4-5-20-15/h2-3,6,10,13-14,17H,4-5,7-9H2,1H3. The fourth-order valence-corrected chi connectivity index (χ4v) is 3.92. The third kappa shape index (κ3) is 1.74. The van der Waals surface area contributed by atoms with Gasteiger partial charge in [0.2, 0.25) is 0 Å². The van der Waals surface area contributed by atoms with Crippen molar-refractivity contribution in [3.05, 3.63) is 29.3 Å². The molecule has 1 N–H and O–H groups in total. The molecule has 0 spiro atoms. The number of carbonyl (C=O) groups is 1. The van der Waals surface area contributed by atoms with Crippen molar-refractivity contribution in [1.29, 1.82) is 0 Å². The van der Waals surface area contributed by atoms with Gasteiger partial charge in [-0.15, -0.1) is 0 Å². The second kappa shape index (κ2) is 4.48. The van der Waals surface area contributed by atoms with E-state index in [1.165, 1.54) is 5.56 Å². The third-order valence-corrected chi connectivity index (χ3v) is 5.13. The van der Waals surface area contributed by atoms with Gasteiger partial charge in [0.1, 0.15) is 5.75 Å². The summed E-state index contributed by atoms with van der Waals surface area (Å²) in [5, 5.41) is 3.43. The van der Waals surface area contributed by atoms with Crippen LogP contribution in [0.2, 0.25) is 0 Å². The molecule has 0 aromatic heterocycles. The molecule has 3 unspecified atom stereocenters. The van der Waals surface area contributed by atoms with Crippen molar-refractivity contribution >= 4 is 5.91 Å². The lowest BCUT2D eigenvalue weighted by atomic mass is 9.95. The summed E-state index contributed by atoms with van der Waals surface area (Å²) in [7, 11) is 0. The van der Waals surface area contributed by atoms with Crippen LogP contribution in [0.1, 0.15) is 22.8 Å². The van der Waals surface area contributed by atoms with Crippen molar-refractivity contribution in [2.45, 2.75) is 19.4 Å². The first-order valence-electron chi connectivity index (χ1n) is 7.51. The Kier molecular flexibility index (Phi) is 2.74. The predicted molar refractivity (Wildman–Crippen MR) is 76.0 cm³/mol. The molecule has 4 heteroatoms. The number of ether oxygens (including phenoxy) is 1. The van der Waals surface area contributed by atoms with Crippen LogP contribution in [-0.4, -0.2) is 43.1 Å². The first-order valence-corrected chi connectivity index (χ1v) is 7.51. The van der Waals surface area contributed by atoms with E-state index >= 15 is 0 Å². The Bertz CT molecular complexity index is 557. The predicted octanol–water partition coefficient (Wildman–Crippen LogP) is 1.30. The van der Waals surface area contributed by atoms with Crippen molar-refractivity contribution in [2.75, 3.05) is 26.2 Å². The van der Waals surface area contributed by atoms with Crippen LogP contribution in [0.3, 0.4) is 0 Å². The van der Waals surface area contributed by atoms with E-state index in [-0.39, 0.29) is 5.91 Å². The molecule has 1 aromatic carbocycles. The molecule has 0 radical (unpaired) electrons. The van der Waals surface area contributed by atoms with Gasteiger partial charge in [-0.3, -0.25) is 4.79 Å². The van der Waals surface area contributed by atoms with Crippen LogP contribution in [0.25, 0.3) is 0 Å². The van der Waals surface area contributed by atoms with E-state index in [9.17, 15) is 4.79 Å². The molecule has 0 bridgehead atoms. The number of fused-ring (bicyclic) bond motifs is 2. The molecule has 2 saturated heterocycles. The summed E-state index contributed by atoms with van der Waals surface area (Å²) in [5.74, 6) is 2.38. The molecule has 2 fully saturated rings. The van der Waals surface area contributed by atoms with Crippen LogP contribution in [0.15, 0.2) is 18.2 Å². The van der Waals surface area contributed by atoms with E-state index in [0.717, 1.165) is 44.0 Å². The van der Waals surface area contributed by atoms with Crippen LogP contribution >= 0.6 is 0 Å². The summed E-state index contributed by atoms with van der Waals surface area (Å²) >= 11 is 0. The molecule has 4 rings (SSSR count). The van der Waals surface area contributed by atoms with E-state index in [1.54, 1.807) is 0 Å². The quantitative estimate of drug-likeness (QED) is 0.838. The largest absolute Gasteiger partial charge is 0.493 e. The summed E-state index contributed by atoms with van der Waals surface area (Å²) in [4.78, 5) is 14.8. The third-order valence-electron chi connectivity index (χ3n) is 5.13. The maximum atomic E-state index is 12.8. The number of amides is 1. The van der Waals surface area contributed by atoms with Gasteiger partial charge in [0.05, 0.1) is 6.61 Å². The van der Waals surface area contributed by atoms with Gasteiger partial charge in [-0.25, -0.2) is 0 Å². The topological polar surface area (TPSA) is 41.6 Å². The monoisotopic (exact) mass is 272 g/mol. The van der Waals surface area contributed by atoms with Gasteiger partial charge in [0.25, 0.3) is 5.91 Å². The molecule has 3 heterocycles. The highest BCUT2D eigenvalue weighted by molar-refractivity contribution is 5.95. The summed E-state index contributed by atoms with van der Waals surface area (Å²) in [6.45, 7) is 5.92. The average molecular weight is 272 g/mol. The fraction of sp³-hybridized carbons (Fsp3) is 0.562. The van der Waals surface area contributed by atoms with Crippen LogP contribution in [-0.2, 0) is 6.42 Å². The summed E-state index contributed by atoms with van der Waals surface area (Å²) in [5.41, 5.74) is 1.98. The molecular weight excluding hydrogens is 252 g/mol. The lowest BCUT2D eigenvalue weighted by Crippen LogP contribution is -2.38. The molecule has 3 aliphatic rings. The van der Waals surface area contributed by atoms with Crippen molar-refractivity contribution in [3.8, 4) is 5.75 Å². The van der Waals surface area contributed by atoms with Gasteiger partial charge in [-0.2, -0.15) is 0 Å². The highest BCUT2D eigenvalue weighted by atomic mass is 16.5. The van der Waals surface area contributed by atoms with Gasteiger partial charge in [0.15, 0.2) is 0 Å². The first-order chi connectivity index (χ1) is 9.74. The van der Waals surface area contributed by atoms with Crippen molar-refractivity contribution in [1.82, 2.24) is 10.2 Å². The molecule has 3 aliphatic heterocycles. The molecule has 106 valence electrons. The molecule has 3 atom stereocenters. The molecule has 0 saturated carbocycles. The smallest absolute Gasteiger partial charge is 0.254 e. The minimum Gasteiger partial charge on any atom is -0.493 e. The van der Waals surface area contributed by atoms with E-state index in [1.807, 2.05) is 18.2 Å². The molecular formula is C16H20N2O2. The Morgan fingerprint density at radius 3 is 3.15 bits per heavy atom. The summed E-state index contributed by atoms with van der Waals surface area (Å²) < 4.78 is 5.51. The summed E-state index contributed by atoms with van der Waals surface area (Å²) in [6.07, 6.45) is 0.918. The lowest BCUT2D eigenvalue weighted by molar-refractivity contribution is 0.0728. The van der Waals surface area contributed by atoms with Gasteiger partial charge in [-0.05, 0) is 42.5 Å². The van der Waals surface area contributed by atoms with E-state index in [4.69, 9.17) is 4.74 Å². The minimum atomic E-state index is 0.182. The Morgan fingerprint density at radius 2 is 2.30 bits per heavy atom.